The Morgan fingerprint density at radius 3 is 2.71 bits per heavy atom. The largest absolute Gasteiger partial charge is 0.493 e. The van der Waals surface area contributed by atoms with E-state index in [0.717, 1.165) is 17.7 Å². The standard InChI is InChI=1S/C19H22N2O3/c1-13-11-14-7-4-5-9-16(14)21(13)19(22)20-12-15-8-6-10-17(23-2)18(15)24-3/h4-10,13H,11-12H2,1-3H3,(H,20,22). The van der Waals surface area contributed by atoms with Crippen LogP contribution in [-0.2, 0) is 13.0 Å². The molecule has 0 aliphatic carbocycles. The second-order valence-electron chi connectivity index (χ2n) is 5.86. The molecule has 0 saturated heterocycles. The maximum absolute atomic E-state index is 12.7. The number of nitrogens with zero attached hydrogens (tertiary/aromatic N) is 1. The van der Waals surface area contributed by atoms with Crippen LogP contribution in [0.25, 0.3) is 0 Å². The van der Waals surface area contributed by atoms with E-state index in [0.29, 0.717) is 18.0 Å². The average molecular weight is 326 g/mol. The van der Waals surface area contributed by atoms with E-state index in [4.69, 9.17) is 9.47 Å². The van der Waals surface area contributed by atoms with Gasteiger partial charge in [-0.3, -0.25) is 4.90 Å². The van der Waals surface area contributed by atoms with Crippen LogP contribution in [0.4, 0.5) is 10.5 Å². The topological polar surface area (TPSA) is 50.8 Å². The minimum atomic E-state index is -0.0997. The lowest BCUT2D eigenvalue weighted by Crippen LogP contribution is -2.43. The van der Waals surface area contributed by atoms with Crippen LogP contribution in [0.3, 0.4) is 0 Å². The maximum atomic E-state index is 12.7. The highest BCUT2D eigenvalue weighted by molar-refractivity contribution is 5.94. The highest BCUT2D eigenvalue weighted by Crippen LogP contribution is 2.33. The number of para-hydroxylation sites is 2. The normalized spacial score (nSPS) is 15.8. The van der Waals surface area contributed by atoms with Gasteiger partial charge in [0.2, 0.25) is 0 Å². The van der Waals surface area contributed by atoms with Crippen LogP contribution >= 0.6 is 0 Å². The van der Waals surface area contributed by atoms with E-state index in [1.165, 1.54) is 5.56 Å². The molecule has 1 aliphatic rings. The number of rotatable bonds is 4. The molecule has 0 bridgehead atoms. The maximum Gasteiger partial charge on any atom is 0.322 e. The minimum Gasteiger partial charge on any atom is -0.493 e. The molecule has 0 saturated carbocycles. The Labute approximate surface area is 142 Å². The van der Waals surface area contributed by atoms with E-state index in [1.54, 1.807) is 14.2 Å². The average Bonchev–Trinajstić information content (AvgIpc) is 2.94. The molecule has 1 N–H and O–H groups in total. The molecule has 1 heterocycles. The fourth-order valence-corrected chi connectivity index (χ4v) is 3.22. The van der Waals surface area contributed by atoms with E-state index in [9.17, 15) is 4.79 Å². The summed E-state index contributed by atoms with van der Waals surface area (Å²) in [5.74, 6) is 1.30. The highest BCUT2D eigenvalue weighted by atomic mass is 16.5. The van der Waals surface area contributed by atoms with Crippen molar-refractivity contribution in [2.75, 3.05) is 19.1 Å². The summed E-state index contributed by atoms with van der Waals surface area (Å²) >= 11 is 0. The smallest absolute Gasteiger partial charge is 0.322 e. The van der Waals surface area contributed by atoms with Crippen molar-refractivity contribution in [2.45, 2.75) is 25.9 Å². The molecule has 5 nitrogen and oxygen atoms in total. The molecule has 24 heavy (non-hydrogen) atoms. The van der Waals surface area contributed by atoms with Crippen LogP contribution in [0, 0.1) is 0 Å². The lowest BCUT2D eigenvalue weighted by Gasteiger charge is -2.23. The summed E-state index contributed by atoms with van der Waals surface area (Å²) in [4.78, 5) is 14.5. The van der Waals surface area contributed by atoms with Crippen molar-refractivity contribution in [3.8, 4) is 11.5 Å². The number of amides is 2. The fourth-order valence-electron chi connectivity index (χ4n) is 3.22. The molecule has 3 rings (SSSR count). The zero-order chi connectivity index (χ0) is 17.1. The number of hydrogen-bond acceptors (Lipinski definition) is 3. The first-order valence-corrected chi connectivity index (χ1v) is 8.00. The first kappa shape index (κ1) is 16.2. The van der Waals surface area contributed by atoms with Gasteiger partial charge < -0.3 is 14.8 Å². The molecule has 0 fully saturated rings. The molecule has 0 aromatic heterocycles. The molecule has 2 amide bonds. The number of anilines is 1. The van der Waals surface area contributed by atoms with E-state index in [2.05, 4.69) is 18.3 Å². The lowest BCUT2D eigenvalue weighted by molar-refractivity contribution is 0.244. The minimum absolute atomic E-state index is 0.0997. The summed E-state index contributed by atoms with van der Waals surface area (Å²) in [5.41, 5.74) is 3.07. The Morgan fingerprint density at radius 1 is 1.17 bits per heavy atom. The van der Waals surface area contributed by atoms with Gasteiger partial charge in [-0.25, -0.2) is 4.79 Å². The van der Waals surface area contributed by atoms with Gasteiger partial charge in [0.1, 0.15) is 0 Å². The van der Waals surface area contributed by atoms with Crippen LogP contribution in [0.1, 0.15) is 18.1 Å². The Hall–Kier alpha value is -2.69. The van der Waals surface area contributed by atoms with Gasteiger partial charge in [-0.1, -0.05) is 30.3 Å². The van der Waals surface area contributed by atoms with Crippen molar-refractivity contribution < 1.29 is 14.3 Å². The third-order valence-corrected chi connectivity index (χ3v) is 4.34. The van der Waals surface area contributed by atoms with Crippen molar-refractivity contribution in [3.63, 3.8) is 0 Å². The Balaban J connectivity index is 1.75. The van der Waals surface area contributed by atoms with Crippen molar-refractivity contribution in [3.05, 3.63) is 53.6 Å². The third-order valence-electron chi connectivity index (χ3n) is 4.34. The molecule has 1 atom stereocenters. The van der Waals surface area contributed by atoms with Gasteiger partial charge in [-0.05, 0) is 31.0 Å². The van der Waals surface area contributed by atoms with E-state index in [-0.39, 0.29) is 12.1 Å². The fraction of sp³-hybridized carbons (Fsp3) is 0.316. The number of urea groups is 1. The molecule has 1 unspecified atom stereocenters. The number of carbonyl (C=O) groups is 1. The van der Waals surface area contributed by atoms with Crippen LogP contribution < -0.4 is 19.7 Å². The SMILES string of the molecule is COc1cccc(CNC(=O)N2c3ccccc3CC2C)c1OC. The number of ether oxygens (including phenoxy) is 2. The van der Waals surface area contributed by atoms with Crippen LogP contribution in [0.2, 0.25) is 0 Å². The van der Waals surface area contributed by atoms with E-state index < -0.39 is 0 Å². The summed E-state index contributed by atoms with van der Waals surface area (Å²) in [7, 11) is 3.20. The van der Waals surface area contributed by atoms with Gasteiger partial charge in [-0.2, -0.15) is 0 Å². The summed E-state index contributed by atoms with van der Waals surface area (Å²) in [6, 6.07) is 13.7. The first-order chi connectivity index (χ1) is 11.7. The molecule has 0 spiro atoms. The number of benzene rings is 2. The Morgan fingerprint density at radius 2 is 1.96 bits per heavy atom. The second kappa shape index (κ2) is 6.83. The number of methoxy groups -OCH3 is 2. The summed E-state index contributed by atoms with van der Waals surface area (Å²) in [5, 5.41) is 2.99. The van der Waals surface area contributed by atoms with Gasteiger partial charge in [-0.15, -0.1) is 0 Å². The molecular formula is C19H22N2O3. The van der Waals surface area contributed by atoms with Gasteiger partial charge in [0, 0.05) is 23.8 Å². The second-order valence-corrected chi connectivity index (χ2v) is 5.86. The van der Waals surface area contributed by atoms with Crippen molar-refractivity contribution in [1.82, 2.24) is 5.32 Å². The molecule has 1 aliphatic heterocycles. The molecule has 0 radical (unpaired) electrons. The molecular weight excluding hydrogens is 304 g/mol. The monoisotopic (exact) mass is 326 g/mol. The molecule has 2 aromatic rings. The zero-order valence-electron chi connectivity index (χ0n) is 14.2. The van der Waals surface area contributed by atoms with Crippen molar-refractivity contribution >= 4 is 11.7 Å². The van der Waals surface area contributed by atoms with E-state index >= 15 is 0 Å². The van der Waals surface area contributed by atoms with Crippen LogP contribution in [-0.4, -0.2) is 26.3 Å². The Bertz CT molecular complexity index is 745. The van der Waals surface area contributed by atoms with E-state index in [1.807, 2.05) is 41.3 Å². The summed E-state index contributed by atoms with van der Waals surface area (Å²) < 4.78 is 10.7. The number of hydrogen-bond donors (Lipinski definition) is 1. The summed E-state index contributed by atoms with van der Waals surface area (Å²) in [6.07, 6.45) is 0.881. The molecule has 2 aromatic carbocycles. The number of carbonyl (C=O) groups excluding carboxylic acids is 1. The van der Waals surface area contributed by atoms with Gasteiger partial charge in [0.15, 0.2) is 11.5 Å². The summed E-state index contributed by atoms with van der Waals surface area (Å²) in [6.45, 7) is 2.44. The lowest BCUT2D eigenvalue weighted by atomic mass is 10.1. The Kier molecular flexibility index (Phi) is 4.60. The van der Waals surface area contributed by atoms with Gasteiger partial charge in [0.25, 0.3) is 0 Å². The first-order valence-electron chi connectivity index (χ1n) is 8.00. The predicted molar refractivity (Wildman–Crippen MR) is 93.9 cm³/mol. The van der Waals surface area contributed by atoms with Crippen molar-refractivity contribution in [2.24, 2.45) is 0 Å². The molecule has 5 heteroatoms. The predicted octanol–water partition coefficient (Wildman–Crippen LogP) is 3.36. The number of nitrogens with one attached hydrogen (secondary N) is 1. The van der Waals surface area contributed by atoms with Gasteiger partial charge >= 0.3 is 6.03 Å². The van der Waals surface area contributed by atoms with Crippen molar-refractivity contribution in [1.29, 1.82) is 0 Å². The number of fused-ring (bicyclic) bond motifs is 1. The van der Waals surface area contributed by atoms with Crippen LogP contribution in [0.5, 0.6) is 11.5 Å². The van der Waals surface area contributed by atoms with Crippen LogP contribution in [0.15, 0.2) is 42.5 Å². The highest BCUT2D eigenvalue weighted by Gasteiger charge is 2.30. The third kappa shape index (κ3) is 2.89. The molecule has 126 valence electrons. The zero-order valence-corrected chi connectivity index (χ0v) is 14.2. The quantitative estimate of drug-likeness (QED) is 0.937. The van der Waals surface area contributed by atoms with Gasteiger partial charge in [0.05, 0.1) is 14.2 Å².